The van der Waals surface area contributed by atoms with Gasteiger partial charge in [-0.15, -0.1) is 11.8 Å². The number of aromatic amines is 2. The molecule has 2 aromatic heterocycles. The number of ether oxygens (including phenoxy) is 2. The summed E-state index contributed by atoms with van der Waals surface area (Å²) in [5, 5.41) is 6.32. The Morgan fingerprint density at radius 3 is 1.90 bits per heavy atom. The quantitative estimate of drug-likeness (QED) is 0.156. The van der Waals surface area contributed by atoms with Crippen LogP contribution in [0.15, 0.2) is 71.8 Å². The van der Waals surface area contributed by atoms with Crippen molar-refractivity contribution in [3.8, 4) is 0 Å². The van der Waals surface area contributed by atoms with Gasteiger partial charge < -0.3 is 24.8 Å². The van der Waals surface area contributed by atoms with Gasteiger partial charge in [-0.1, -0.05) is 59.7 Å². The van der Waals surface area contributed by atoms with Gasteiger partial charge in [0.1, 0.15) is 0 Å². The van der Waals surface area contributed by atoms with Gasteiger partial charge >= 0.3 is 11.9 Å². The Bertz CT molecular complexity index is 2010. The van der Waals surface area contributed by atoms with Gasteiger partial charge in [0.15, 0.2) is 0 Å². The molecule has 0 saturated carbocycles. The van der Waals surface area contributed by atoms with E-state index in [4.69, 9.17) is 9.47 Å². The summed E-state index contributed by atoms with van der Waals surface area (Å²) in [7, 11) is 5.20. The minimum atomic E-state index is -0.279. The molecule has 0 spiro atoms. The van der Waals surface area contributed by atoms with E-state index in [1.807, 2.05) is 11.8 Å². The molecule has 8 rings (SSSR count). The van der Waals surface area contributed by atoms with Crippen LogP contribution in [0.5, 0.6) is 0 Å². The maximum atomic E-state index is 13.8. The van der Waals surface area contributed by atoms with Gasteiger partial charge in [0, 0.05) is 68.9 Å². The van der Waals surface area contributed by atoms with Crippen molar-refractivity contribution in [2.45, 2.75) is 62.1 Å². The fourth-order valence-electron chi connectivity index (χ4n) is 9.94. The van der Waals surface area contributed by atoms with Crippen molar-refractivity contribution in [2.24, 2.45) is 23.7 Å². The second-order valence-corrected chi connectivity index (χ2v) is 16.0. The number of thioether (sulfide) groups is 1. The number of H-pyrrole nitrogens is 2. The van der Waals surface area contributed by atoms with E-state index in [9.17, 15) is 9.59 Å². The molecule has 3 N–H and O–H groups in total. The van der Waals surface area contributed by atoms with Crippen LogP contribution in [0.1, 0.15) is 59.7 Å². The fourth-order valence-corrected chi connectivity index (χ4v) is 11.6. The number of rotatable bonds is 4. The number of piperidine rings is 2. The first kappa shape index (κ1) is 33.4. The lowest BCUT2D eigenvalue weighted by Crippen LogP contribution is -2.53. The SMILES string of the molecule is CC=C1CNC2Cc3c([nH]c4ccccc34)C(SC3CC4C(=CC)CN(C)C(Cc5c3[nH]c3ccccc53)C4C(=O)OC)CC1C2C(=O)OC. The minimum Gasteiger partial charge on any atom is -0.469 e. The van der Waals surface area contributed by atoms with Crippen molar-refractivity contribution >= 4 is 45.5 Å². The predicted molar refractivity (Wildman–Crippen MR) is 200 cm³/mol. The summed E-state index contributed by atoms with van der Waals surface area (Å²) in [6, 6.07) is 17.2. The number of para-hydroxylation sites is 2. The van der Waals surface area contributed by atoms with Crippen LogP contribution in [0.25, 0.3) is 21.8 Å². The third-order valence-electron chi connectivity index (χ3n) is 12.4. The first-order valence-electron chi connectivity index (χ1n) is 18.1. The van der Waals surface area contributed by atoms with Gasteiger partial charge in [-0.2, -0.15) is 0 Å². The third kappa shape index (κ3) is 5.44. The monoisotopic (exact) mass is 692 g/mol. The first-order valence-corrected chi connectivity index (χ1v) is 19.0. The Morgan fingerprint density at radius 1 is 0.780 bits per heavy atom. The zero-order valence-corrected chi connectivity index (χ0v) is 30.4. The van der Waals surface area contributed by atoms with Crippen molar-refractivity contribution < 1.29 is 19.1 Å². The Labute approximate surface area is 298 Å². The average Bonchev–Trinajstić information content (AvgIpc) is 3.68. The van der Waals surface area contributed by atoms with Crippen LogP contribution in [0.4, 0.5) is 0 Å². The van der Waals surface area contributed by atoms with Crippen molar-refractivity contribution in [1.82, 2.24) is 20.2 Å². The summed E-state index contributed by atoms with van der Waals surface area (Å²) in [5.41, 5.74) is 9.94. The number of allylic oxidation sites excluding steroid dienone is 2. The summed E-state index contributed by atoms with van der Waals surface area (Å²) in [6.07, 6.45) is 7.56. The van der Waals surface area contributed by atoms with E-state index in [0.717, 1.165) is 49.8 Å². The molecule has 2 fully saturated rings. The Hall–Kier alpha value is -3.79. The van der Waals surface area contributed by atoms with E-state index in [2.05, 4.69) is 102 Å². The minimum absolute atomic E-state index is 0.0176. The van der Waals surface area contributed by atoms with Gasteiger partial charge in [0.05, 0.1) is 26.1 Å². The fraction of sp³-hybridized carbons (Fsp3) is 0.463. The molecule has 2 aliphatic carbocycles. The molecule has 4 aromatic rings. The zero-order chi connectivity index (χ0) is 34.7. The topological polar surface area (TPSA) is 99.5 Å². The largest absolute Gasteiger partial charge is 0.469 e. The molecule has 8 unspecified atom stereocenters. The van der Waals surface area contributed by atoms with Crippen molar-refractivity contribution in [3.05, 3.63) is 94.3 Å². The lowest BCUT2D eigenvalue weighted by atomic mass is 9.70. The molecule has 8 nitrogen and oxygen atoms in total. The standard InChI is InChI=1S/C41H48N4O4S/c1-6-22-20-42-32-16-28-24-12-8-10-14-30(24)43-38(28)34(18-26(22)36(32)40(46)48-4)50-35-19-27-23(7-2)21-45(3)33(37(27)41(47)49-5)17-29-25-13-9-11-15-31(25)44-39(29)35/h6-15,26-27,32-37,42-44H,16-21H2,1-5H3. The molecule has 262 valence electrons. The highest BCUT2D eigenvalue weighted by Gasteiger charge is 2.49. The predicted octanol–water partition coefficient (Wildman–Crippen LogP) is 7.05. The molecule has 4 bridgehead atoms. The van der Waals surface area contributed by atoms with E-state index >= 15 is 0 Å². The van der Waals surface area contributed by atoms with Crippen molar-refractivity contribution in [2.75, 3.05) is 34.4 Å². The molecular formula is C41H48N4O4S. The zero-order valence-electron chi connectivity index (χ0n) is 29.6. The maximum Gasteiger partial charge on any atom is 0.310 e. The smallest absolute Gasteiger partial charge is 0.310 e. The molecule has 2 saturated heterocycles. The number of esters is 2. The van der Waals surface area contributed by atoms with E-state index in [1.165, 1.54) is 58.7 Å². The number of carbonyl (C=O) groups is 2. The van der Waals surface area contributed by atoms with E-state index in [-0.39, 0.29) is 58.2 Å². The molecule has 8 atom stereocenters. The van der Waals surface area contributed by atoms with Crippen LogP contribution in [0, 0.1) is 23.7 Å². The maximum absolute atomic E-state index is 13.8. The number of fused-ring (bicyclic) bond motifs is 10. The van der Waals surface area contributed by atoms with Crippen LogP contribution >= 0.6 is 11.8 Å². The number of nitrogens with zero attached hydrogens (tertiary/aromatic N) is 1. The first-order chi connectivity index (χ1) is 24.3. The van der Waals surface area contributed by atoms with Gasteiger partial charge in [0.2, 0.25) is 0 Å². The summed E-state index contributed by atoms with van der Waals surface area (Å²) in [6.45, 7) is 5.81. The highest BCUT2D eigenvalue weighted by molar-refractivity contribution is 7.99. The van der Waals surface area contributed by atoms with Gasteiger partial charge in [0.25, 0.3) is 0 Å². The van der Waals surface area contributed by atoms with Crippen LogP contribution in [-0.2, 0) is 31.9 Å². The summed E-state index contributed by atoms with van der Waals surface area (Å²) in [4.78, 5) is 37.6. The number of carbonyl (C=O) groups excluding carboxylic acids is 2. The molecule has 2 aromatic carbocycles. The van der Waals surface area contributed by atoms with Crippen molar-refractivity contribution in [1.29, 1.82) is 0 Å². The van der Waals surface area contributed by atoms with Crippen molar-refractivity contribution in [3.63, 3.8) is 0 Å². The number of aromatic nitrogens is 2. The van der Waals surface area contributed by atoms with Gasteiger partial charge in [-0.3, -0.25) is 14.5 Å². The summed E-state index contributed by atoms with van der Waals surface area (Å²) >= 11 is 2.00. The number of methoxy groups -OCH3 is 2. The van der Waals surface area contributed by atoms with E-state index < -0.39 is 0 Å². The molecule has 4 heterocycles. The molecular weight excluding hydrogens is 645 g/mol. The highest BCUT2D eigenvalue weighted by atomic mass is 32.2. The number of nitrogens with one attached hydrogen (secondary N) is 3. The molecule has 0 radical (unpaired) electrons. The third-order valence-corrected chi connectivity index (χ3v) is 13.9. The molecule has 9 heteroatoms. The van der Waals surface area contributed by atoms with Crippen LogP contribution < -0.4 is 5.32 Å². The normalized spacial score (nSPS) is 31.4. The van der Waals surface area contributed by atoms with Crippen LogP contribution in [-0.4, -0.2) is 73.2 Å². The summed E-state index contributed by atoms with van der Waals surface area (Å²) in [5.74, 6) is -0.704. The second-order valence-electron chi connectivity index (χ2n) is 14.6. The molecule has 0 amide bonds. The van der Waals surface area contributed by atoms with Crippen LogP contribution in [0.3, 0.4) is 0 Å². The van der Waals surface area contributed by atoms with Crippen LogP contribution in [0.2, 0.25) is 0 Å². The Morgan fingerprint density at radius 2 is 1.32 bits per heavy atom. The van der Waals surface area contributed by atoms with E-state index in [0.29, 0.717) is 0 Å². The number of likely N-dealkylation sites (N-methyl/N-ethyl adjacent to an activating group) is 1. The van der Waals surface area contributed by atoms with Gasteiger partial charge in [-0.25, -0.2) is 0 Å². The number of benzene rings is 2. The lowest BCUT2D eigenvalue weighted by Gasteiger charge is -2.47. The Kier molecular flexibility index (Phi) is 8.94. The average molecular weight is 693 g/mol. The lowest BCUT2D eigenvalue weighted by molar-refractivity contribution is -0.151. The summed E-state index contributed by atoms with van der Waals surface area (Å²) < 4.78 is 11.1. The molecule has 2 aliphatic heterocycles. The molecule has 4 aliphatic rings. The number of likely N-dealkylation sites (tertiary alicyclic amines) is 1. The number of hydrogen-bond acceptors (Lipinski definition) is 7. The van der Waals surface area contributed by atoms with Gasteiger partial charge in [-0.05, 0) is 81.7 Å². The second kappa shape index (κ2) is 13.4. The Balaban J connectivity index is 1.31. The highest BCUT2D eigenvalue weighted by Crippen LogP contribution is 2.55. The molecule has 50 heavy (non-hydrogen) atoms. The number of hydrogen-bond donors (Lipinski definition) is 3. The van der Waals surface area contributed by atoms with E-state index in [1.54, 1.807) is 0 Å².